The molecule has 0 amide bonds. The monoisotopic (exact) mass is 492 g/mol. The number of nitrogens with zero attached hydrogens (tertiary/aromatic N) is 1. The summed E-state index contributed by atoms with van der Waals surface area (Å²) in [5.41, 5.74) is 1.27. The summed E-state index contributed by atoms with van der Waals surface area (Å²) in [4.78, 5) is 25.8. The lowest BCUT2D eigenvalue weighted by atomic mass is 9.82. The second kappa shape index (κ2) is 16.6. The summed E-state index contributed by atoms with van der Waals surface area (Å²) in [5.74, 6) is 0.364. The summed E-state index contributed by atoms with van der Waals surface area (Å²) in [6, 6.07) is 10.3. The molecule has 0 saturated carbocycles. The number of hydrogen-bond acceptors (Lipinski definition) is 8. The Kier molecular flexibility index (Phi) is 13.9. The fraction of sp³-hybridized carbons (Fsp3) is 0.704. The van der Waals surface area contributed by atoms with Crippen LogP contribution in [0.2, 0.25) is 0 Å². The molecule has 2 aliphatic heterocycles. The Bertz CT molecular complexity index is 732. The van der Waals surface area contributed by atoms with Gasteiger partial charge in [-0.25, -0.2) is 0 Å². The number of esters is 2. The van der Waals surface area contributed by atoms with E-state index in [9.17, 15) is 9.59 Å². The number of carbonyl (C=O) groups excluding carboxylic acids is 2. The molecule has 0 radical (unpaired) electrons. The third kappa shape index (κ3) is 9.88. The molecule has 8 heteroatoms. The number of methoxy groups -OCH3 is 2. The number of carbonyl (C=O) groups is 2. The quantitative estimate of drug-likeness (QED) is 0.427. The van der Waals surface area contributed by atoms with Crippen LogP contribution in [0.5, 0.6) is 0 Å². The number of aliphatic hydroxyl groups is 2. The van der Waals surface area contributed by atoms with Gasteiger partial charge in [0.1, 0.15) is 0 Å². The van der Waals surface area contributed by atoms with Gasteiger partial charge in [-0.05, 0) is 69.0 Å². The molecule has 0 spiro atoms. The summed E-state index contributed by atoms with van der Waals surface area (Å²) in [6.45, 7) is 4.69. The van der Waals surface area contributed by atoms with Crippen molar-refractivity contribution in [3.63, 3.8) is 0 Å². The van der Waals surface area contributed by atoms with Gasteiger partial charge in [-0.2, -0.15) is 0 Å². The molecular weight excluding hydrogens is 448 g/mol. The van der Waals surface area contributed by atoms with Gasteiger partial charge in [0.2, 0.25) is 0 Å². The van der Waals surface area contributed by atoms with Crippen LogP contribution in [0.1, 0.15) is 44.1 Å². The maximum absolute atomic E-state index is 12.0. The van der Waals surface area contributed by atoms with Gasteiger partial charge in [0, 0.05) is 32.8 Å². The normalized spacial score (nSPS) is 24.7. The molecule has 3 rings (SSSR count). The molecule has 1 aromatic rings. The Labute approximate surface area is 210 Å². The number of nitrogens with one attached hydrogen (secondary N) is 1. The highest BCUT2D eigenvalue weighted by atomic mass is 16.5. The minimum absolute atomic E-state index is 0.0275. The summed E-state index contributed by atoms with van der Waals surface area (Å²) in [6.07, 6.45) is 5.34. The van der Waals surface area contributed by atoms with Gasteiger partial charge in [0.05, 0.1) is 26.1 Å². The Morgan fingerprint density at radius 1 is 0.943 bits per heavy atom. The summed E-state index contributed by atoms with van der Waals surface area (Å²) < 4.78 is 9.73. The van der Waals surface area contributed by atoms with E-state index in [0.717, 1.165) is 64.7 Å². The lowest BCUT2D eigenvalue weighted by Gasteiger charge is -2.37. The van der Waals surface area contributed by atoms with Gasteiger partial charge < -0.3 is 25.0 Å². The zero-order valence-corrected chi connectivity index (χ0v) is 21.4. The number of ether oxygens (including phenoxy) is 2. The molecule has 0 aliphatic carbocycles. The second-order valence-corrected chi connectivity index (χ2v) is 9.51. The van der Waals surface area contributed by atoms with Gasteiger partial charge in [-0.1, -0.05) is 30.3 Å². The zero-order valence-electron chi connectivity index (χ0n) is 21.4. The number of benzene rings is 1. The van der Waals surface area contributed by atoms with E-state index in [4.69, 9.17) is 19.7 Å². The molecular formula is C27H44N2O6. The number of likely N-dealkylation sites (tertiary alicyclic amines) is 1. The van der Waals surface area contributed by atoms with E-state index in [0.29, 0.717) is 18.4 Å². The summed E-state index contributed by atoms with van der Waals surface area (Å²) in [7, 11) is 2.89. The molecule has 4 atom stereocenters. The average Bonchev–Trinajstić information content (AvgIpc) is 2.91. The first-order chi connectivity index (χ1) is 17.0. The van der Waals surface area contributed by atoms with Crippen molar-refractivity contribution in [3.05, 3.63) is 35.9 Å². The van der Waals surface area contributed by atoms with Gasteiger partial charge >= 0.3 is 11.9 Å². The van der Waals surface area contributed by atoms with Crippen LogP contribution in [-0.4, -0.2) is 80.7 Å². The summed E-state index contributed by atoms with van der Waals surface area (Å²) in [5, 5.41) is 20.9. The van der Waals surface area contributed by atoms with Crippen molar-refractivity contribution in [3.8, 4) is 0 Å². The number of piperidine rings is 2. The highest BCUT2D eigenvalue weighted by Crippen LogP contribution is 2.29. The Morgan fingerprint density at radius 2 is 1.54 bits per heavy atom. The molecule has 35 heavy (non-hydrogen) atoms. The Balaban J connectivity index is 0.000000269. The maximum atomic E-state index is 12.0. The lowest BCUT2D eigenvalue weighted by molar-refractivity contribution is -0.150. The van der Waals surface area contributed by atoms with Crippen molar-refractivity contribution in [1.82, 2.24) is 10.2 Å². The Morgan fingerprint density at radius 3 is 2.14 bits per heavy atom. The molecule has 198 valence electrons. The van der Waals surface area contributed by atoms with Crippen molar-refractivity contribution < 1.29 is 29.3 Å². The molecule has 1 aromatic carbocycles. The largest absolute Gasteiger partial charge is 0.469 e. The van der Waals surface area contributed by atoms with Gasteiger partial charge in [-0.3, -0.25) is 14.5 Å². The van der Waals surface area contributed by atoms with Gasteiger partial charge in [0.15, 0.2) is 0 Å². The van der Waals surface area contributed by atoms with Crippen LogP contribution >= 0.6 is 0 Å². The number of hydrogen-bond donors (Lipinski definition) is 3. The average molecular weight is 493 g/mol. The van der Waals surface area contributed by atoms with E-state index in [2.05, 4.69) is 22.3 Å². The molecule has 2 heterocycles. The minimum Gasteiger partial charge on any atom is -0.469 e. The van der Waals surface area contributed by atoms with Crippen molar-refractivity contribution in [1.29, 1.82) is 0 Å². The SMILES string of the molecule is COC(=O)C1CN(Cc2ccccc2)CCC1CCCO.COC(=O)C1CNCCC1CCCO. The molecule has 2 fully saturated rings. The molecule has 0 bridgehead atoms. The van der Waals surface area contributed by atoms with E-state index in [1.165, 1.54) is 19.8 Å². The zero-order chi connectivity index (χ0) is 25.5. The first kappa shape index (κ1) is 29.2. The molecule has 3 N–H and O–H groups in total. The topological polar surface area (TPSA) is 108 Å². The highest BCUT2D eigenvalue weighted by Gasteiger charge is 2.34. The van der Waals surface area contributed by atoms with Crippen molar-refractivity contribution in [2.45, 2.75) is 45.1 Å². The van der Waals surface area contributed by atoms with E-state index in [-0.39, 0.29) is 37.0 Å². The van der Waals surface area contributed by atoms with E-state index < -0.39 is 0 Å². The van der Waals surface area contributed by atoms with E-state index in [1.807, 2.05) is 18.2 Å². The van der Waals surface area contributed by atoms with Crippen LogP contribution in [0, 0.1) is 23.7 Å². The minimum atomic E-state index is -0.125. The van der Waals surface area contributed by atoms with Crippen LogP contribution in [0.3, 0.4) is 0 Å². The van der Waals surface area contributed by atoms with Crippen LogP contribution in [0.25, 0.3) is 0 Å². The van der Waals surface area contributed by atoms with E-state index in [1.54, 1.807) is 0 Å². The third-order valence-electron chi connectivity index (χ3n) is 7.19. The highest BCUT2D eigenvalue weighted by molar-refractivity contribution is 5.73. The van der Waals surface area contributed by atoms with Crippen molar-refractivity contribution >= 4 is 11.9 Å². The second-order valence-electron chi connectivity index (χ2n) is 9.51. The lowest BCUT2D eigenvalue weighted by Crippen LogP contribution is -2.44. The van der Waals surface area contributed by atoms with Crippen LogP contribution < -0.4 is 5.32 Å². The standard InChI is InChI=1S/C17H25NO3.C10H19NO3/c1-21-17(20)16-13-18(10-9-15(16)8-5-11-19)12-14-6-3-2-4-7-14;1-14-10(13)9-7-11-5-4-8(9)3-2-6-12/h2-4,6-7,15-16,19H,5,8-13H2,1H3;8-9,11-12H,2-7H2,1H3. The first-order valence-electron chi connectivity index (χ1n) is 12.9. The van der Waals surface area contributed by atoms with E-state index >= 15 is 0 Å². The van der Waals surface area contributed by atoms with Gasteiger partial charge in [0.25, 0.3) is 0 Å². The van der Waals surface area contributed by atoms with Gasteiger partial charge in [-0.15, -0.1) is 0 Å². The van der Waals surface area contributed by atoms with Crippen molar-refractivity contribution in [2.75, 3.05) is 53.6 Å². The molecule has 2 saturated heterocycles. The number of aliphatic hydroxyl groups excluding tert-OH is 2. The number of rotatable bonds is 10. The molecule has 0 aromatic heterocycles. The summed E-state index contributed by atoms with van der Waals surface area (Å²) >= 11 is 0. The molecule has 2 aliphatic rings. The van der Waals surface area contributed by atoms with Crippen LogP contribution in [0.15, 0.2) is 30.3 Å². The fourth-order valence-corrected chi connectivity index (χ4v) is 5.21. The van der Waals surface area contributed by atoms with Crippen LogP contribution in [-0.2, 0) is 25.6 Å². The predicted octanol–water partition coefficient (Wildman–Crippen LogP) is 2.23. The fourth-order valence-electron chi connectivity index (χ4n) is 5.21. The van der Waals surface area contributed by atoms with Crippen LogP contribution in [0.4, 0.5) is 0 Å². The predicted molar refractivity (Wildman–Crippen MR) is 134 cm³/mol. The Hall–Kier alpha value is -2.00. The van der Waals surface area contributed by atoms with Crippen molar-refractivity contribution in [2.24, 2.45) is 23.7 Å². The maximum Gasteiger partial charge on any atom is 0.310 e. The smallest absolute Gasteiger partial charge is 0.310 e. The molecule has 8 nitrogen and oxygen atoms in total. The first-order valence-corrected chi connectivity index (χ1v) is 12.9. The molecule has 4 unspecified atom stereocenters. The third-order valence-corrected chi connectivity index (χ3v) is 7.19.